The van der Waals surface area contributed by atoms with Gasteiger partial charge in [-0.25, -0.2) is 8.42 Å². The fraction of sp³-hybridized carbons (Fsp3) is 0.208. The van der Waals surface area contributed by atoms with E-state index in [1.165, 1.54) is 0 Å². The summed E-state index contributed by atoms with van der Waals surface area (Å²) >= 11 is 1.82. The molecule has 0 aromatic heterocycles. The Hall–Kier alpha value is -1.56. The van der Waals surface area contributed by atoms with E-state index in [4.69, 9.17) is 5.73 Å². The number of aryl methyl sites for hydroxylation is 1. The summed E-state index contributed by atoms with van der Waals surface area (Å²) in [5.74, 6) is -0.161. The molecule has 0 bridgehead atoms. The summed E-state index contributed by atoms with van der Waals surface area (Å²) in [5.41, 5.74) is 11.9. The number of hydrogen-bond donors (Lipinski definition) is 0. The number of benzene rings is 3. The molecule has 0 spiro atoms. The van der Waals surface area contributed by atoms with Crippen LogP contribution < -0.4 is 0 Å². The van der Waals surface area contributed by atoms with Gasteiger partial charge in [0.1, 0.15) is 0 Å². The first-order valence-electron chi connectivity index (χ1n) is 9.45. The number of halogens is 1. The van der Waals surface area contributed by atoms with Gasteiger partial charge in [0, 0.05) is 0 Å². The van der Waals surface area contributed by atoms with E-state index in [1.807, 2.05) is 103 Å². The van der Waals surface area contributed by atoms with Crippen molar-refractivity contribution in [3.05, 3.63) is 125 Å². The molecule has 3 aromatic carbocycles. The van der Waals surface area contributed by atoms with E-state index in [9.17, 15) is 8.42 Å². The van der Waals surface area contributed by atoms with Crippen LogP contribution >= 0.6 is 9.69 Å². The van der Waals surface area contributed by atoms with Crippen LogP contribution in [0.3, 0.4) is 0 Å². The first kappa shape index (κ1) is 27.5. The minimum atomic E-state index is -3.75. The molecule has 2 atom stereocenters. The molecule has 166 valence electrons. The Balaban J connectivity index is 0.00000156. The molecule has 0 saturated heterocycles. The summed E-state index contributed by atoms with van der Waals surface area (Å²) < 4.78 is 29.9. The van der Waals surface area contributed by atoms with E-state index in [2.05, 4.69) is 14.4 Å². The van der Waals surface area contributed by atoms with Crippen LogP contribution in [0.25, 0.3) is 10.5 Å². The second-order valence-electron chi connectivity index (χ2n) is 6.75. The van der Waals surface area contributed by atoms with Gasteiger partial charge in [0.05, 0.1) is 15.8 Å². The van der Waals surface area contributed by atoms with E-state index in [1.54, 1.807) is 6.07 Å². The maximum absolute atomic E-state index is 12.9. The number of hydrogen-bond acceptors (Lipinski definition) is 2. The second-order valence-corrected chi connectivity index (χ2v) is 8.41. The van der Waals surface area contributed by atoms with Crippen LogP contribution in [-0.2, 0) is 39.5 Å². The summed E-state index contributed by atoms with van der Waals surface area (Å²) in [4.78, 5) is 0. The van der Waals surface area contributed by atoms with E-state index >= 15 is 0 Å². The van der Waals surface area contributed by atoms with Crippen molar-refractivity contribution < 1.29 is 25.7 Å². The Morgan fingerprint density at radius 1 is 0.871 bits per heavy atom. The van der Waals surface area contributed by atoms with Crippen molar-refractivity contribution >= 4 is 19.7 Å². The van der Waals surface area contributed by atoms with Crippen LogP contribution in [0.15, 0.2) is 84.9 Å². The SMILES string of the molecule is CCc1cccc(CS(=O)(=O)[N-]C(c2ccccc2)C([NH-])c2ccccc2)c1.[CH3-].[Cl][Ru+3]. The average molecular weight is 544 g/mol. The summed E-state index contributed by atoms with van der Waals surface area (Å²) in [5, 5.41) is 0. The Labute approximate surface area is 201 Å². The topological polar surface area (TPSA) is 72.0 Å². The van der Waals surface area contributed by atoms with E-state index in [0.717, 1.165) is 28.7 Å². The third-order valence-corrected chi connectivity index (χ3v) is 5.88. The zero-order valence-electron chi connectivity index (χ0n) is 17.6. The van der Waals surface area contributed by atoms with Crippen LogP contribution in [0, 0.1) is 7.43 Å². The van der Waals surface area contributed by atoms with E-state index in [-0.39, 0.29) is 13.2 Å². The molecule has 4 nitrogen and oxygen atoms in total. The van der Waals surface area contributed by atoms with Crippen LogP contribution in [0.1, 0.15) is 41.3 Å². The number of sulfonamides is 1. The van der Waals surface area contributed by atoms with Crippen LogP contribution in [0.2, 0.25) is 0 Å². The maximum atomic E-state index is 12.9. The van der Waals surface area contributed by atoms with Crippen LogP contribution in [0.4, 0.5) is 0 Å². The van der Waals surface area contributed by atoms with Gasteiger partial charge in [-0.3, -0.25) is 0 Å². The molecule has 0 amide bonds. The molecule has 0 aliphatic rings. The quantitative estimate of drug-likeness (QED) is 0.224. The van der Waals surface area contributed by atoms with Gasteiger partial charge in [-0.05, 0) is 17.5 Å². The molecule has 31 heavy (non-hydrogen) atoms. The van der Waals surface area contributed by atoms with Gasteiger partial charge in [0.25, 0.3) is 0 Å². The molecule has 0 aliphatic carbocycles. The summed E-state index contributed by atoms with van der Waals surface area (Å²) in [6.45, 7) is 2.04. The van der Waals surface area contributed by atoms with Gasteiger partial charge >= 0.3 is 27.0 Å². The van der Waals surface area contributed by atoms with Gasteiger partial charge in [-0.2, -0.15) is 0 Å². The van der Waals surface area contributed by atoms with E-state index in [0.29, 0.717) is 0 Å². The molecule has 7 heteroatoms. The van der Waals surface area contributed by atoms with Gasteiger partial charge in [-0.15, -0.1) is 12.1 Å². The molecule has 3 rings (SSSR count). The van der Waals surface area contributed by atoms with Crippen molar-refractivity contribution in [2.24, 2.45) is 0 Å². The fourth-order valence-electron chi connectivity index (χ4n) is 3.17. The third-order valence-electron chi connectivity index (χ3n) is 4.64. The van der Waals surface area contributed by atoms with Crippen LogP contribution in [0.5, 0.6) is 0 Å². The molecule has 3 aromatic rings. The second kappa shape index (κ2) is 13.8. The van der Waals surface area contributed by atoms with Gasteiger partial charge in [0.2, 0.25) is 0 Å². The predicted octanol–water partition coefficient (Wildman–Crippen LogP) is 7.12. The Bertz CT molecular complexity index is 1000. The molecular weight excluding hydrogens is 517 g/mol. The van der Waals surface area contributed by atoms with Gasteiger partial charge < -0.3 is 17.9 Å². The molecule has 0 heterocycles. The average Bonchev–Trinajstić information content (AvgIpc) is 2.79. The number of nitrogens with one attached hydrogen (secondary N) is 1. The zero-order chi connectivity index (χ0) is 22.0. The normalized spacial score (nSPS) is 12.6. The zero-order valence-corrected chi connectivity index (χ0v) is 20.9. The fourth-order valence-corrected chi connectivity index (χ4v) is 4.43. The van der Waals surface area contributed by atoms with Crippen molar-refractivity contribution in [2.75, 3.05) is 0 Å². The molecule has 0 aliphatic heterocycles. The number of nitrogens with zero attached hydrogens (tertiary/aromatic N) is 1. The molecule has 0 saturated carbocycles. The van der Waals surface area contributed by atoms with E-state index < -0.39 is 22.1 Å². The van der Waals surface area contributed by atoms with Crippen molar-refractivity contribution in [3.63, 3.8) is 0 Å². The van der Waals surface area contributed by atoms with Crippen molar-refractivity contribution in [2.45, 2.75) is 31.2 Å². The van der Waals surface area contributed by atoms with Gasteiger partial charge in [-0.1, -0.05) is 103 Å². The standard InChI is InChI=1S/C23H24N2O2S.CH3.ClH.Ru/c1-2-18-10-9-11-19(16-18)17-28(26,27)25-23(21-14-7-4-8-15-21)22(24)20-12-5-3-6-13-20;;;/h3-16,22-24H,2,17H2,1H3;1H3;1H;/q-2;-1;;+4/p-1. The van der Waals surface area contributed by atoms with Crippen LogP contribution in [-0.4, -0.2) is 8.42 Å². The first-order chi connectivity index (χ1) is 14.5. The molecule has 2 unspecified atom stereocenters. The molecular formula is C24H27ClN2O2RuS. The summed E-state index contributed by atoms with van der Waals surface area (Å²) in [6.07, 6.45) is 0.848. The number of rotatable bonds is 8. The predicted molar refractivity (Wildman–Crippen MR) is 127 cm³/mol. The molecule has 0 radical (unpaired) electrons. The Morgan fingerprint density at radius 3 is 1.94 bits per heavy atom. The minimum absolute atomic E-state index is 0. The molecule has 1 N–H and O–H groups in total. The van der Waals surface area contributed by atoms with Gasteiger partial charge in [0.15, 0.2) is 0 Å². The molecule has 0 fully saturated rings. The van der Waals surface area contributed by atoms with Crippen molar-refractivity contribution in [3.8, 4) is 0 Å². The van der Waals surface area contributed by atoms with Crippen molar-refractivity contribution in [1.82, 2.24) is 0 Å². The summed E-state index contributed by atoms with van der Waals surface area (Å²) in [6, 6.07) is 24.4. The monoisotopic (exact) mass is 544 g/mol. The van der Waals surface area contributed by atoms with Crippen molar-refractivity contribution in [1.29, 1.82) is 0 Å². The summed E-state index contributed by atoms with van der Waals surface area (Å²) in [7, 11) is 0.814. The third kappa shape index (κ3) is 8.48. The first-order valence-corrected chi connectivity index (χ1v) is 13.3. The Kier molecular flexibility index (Phi) is 12.2. The Morgan fingerprint density at radius 2 is 1.39 bits per heavy atom.